The van der Waals surface area contributed by atoms with Gasteiger partial charge in [-0.2, -0.15) is 4.31 Å². The van der Waals surface area contributed by atoms with Crippen LogP contribution >= 0.6 is 0 Å². The van der Waals surface area contributed by atoms with Crippen LogP contribution in [0, 0.1) is 17.8 Å². The number of hydrogen-bond acceptors (Lipinski definition) is 4. The minimum Gasteiger partial charge on any atom is -0.377 e. The second-order valence-corrected chi connectivity index (χ2v) is 10.3. The molecule has 0 aromatic heterocycles. The summed E-state index contributed by atoms with van der Waals surface area (Å²) < 4.78 is 31.9. The monoisotopic (exact) mass is 344 g/mol. The van der Waals surface area contributed by atoms with Gasteiger partial charge in [-0.25, -0.2) is 8.42 Å². The zero-order valence-corrected chi connectivity index (χ0v) is 15.4. The van der Waals surface area contributed by atoms with Gasteiger partial charge in [0, 0.05) is 19.7 Å². The normalized spacial score (nSPS) is 33.4. The molecule has 0 amide bonds. The molecule has 0 radical (unpaired) electrons. The molecule has 1 unspecified atom stereocenters. The Morgan fingerprint density at radius 1 is 1.22 bits per heavy atom. The molecule has 3 fully saturated rings. The van der Waals surface area contributed by atoms with Gasteiger partial charge in [-0.05, 0) is 76.8 Å². The summed E-state index contributed by atoms with van der Waals surface area (Å²) in [4.78, 5) is 0. The van der Waals surface area contributed by atoms with Gasteiger partial charge in [0.1, 0.15) is 0 Å². The lowest BCUT2D eigenvalue weighted by Crippen LogP contribution is -2.35. The van der Waals surface area contributed by atoms with E-state index < -0.39 is 10.0 Å². The van der Waals surface area contributed by atoms with E-state index in [1.807, 2.05) is 0 Å². The van der Waals surface area contributed by atoms with Crippen molar-refractivity contribution in [2.24, 2.45) is 17.8 Å². The second kappa shape index (κ2) is 7.38. The lowest BCUT2D eigenvalue weighted by atomic mass is 9.91. The summed E-state index contributed by atoms with van der Waals surface area (Å²) >= 11 is 0. The Labute approximate surface area is 141 Å². The lowest BCUT2D eigenvalue weighted by Gasteiger charge is -2.22. The first-order valence-electron chi connectivity index (χ1n) is 9.29. The van der Waals surface area contributed by atoms with Gasteiger partial charge >= 0.3 is 0 Å². The quantitative estimate of drug-likeness (QED) is 0.766. The summed E-state index contributed by atoms with van der Waals surface area (Å²) in [5, 5.41) is 3.10. The standard InChI is InChI=1S/C17H32N2O3S/c1-13(2)23(20,21)19-9-5-16(12-19)22-10-6-15-11-17(15)14-3-7-18-8-4-14/h13-18H,3-12H2,1-2H3/t15-,16?,17-/m1/s1. The highest BCUT2D eigenvalue weighted by Crippen LogP contribution is 2.49. The van der Waals surface area contributed by atoms with Gasteiger partial charge in [0.05, 0.1) is 11.4 Å². The van der Waals surface area contributed by atoms with Crippen molar-refractivity contribution in [2.45, 2.75) is 57.3 Å². The summed E-state index contributed by atoms with van der Waals surface area (Å²) in [5.41, 5.74) is 0. The third kappa shape index (κ3) is 4.27. The molecule has 0 spiro atoms. The average Bonchev–Trinajstić information content (AvgIpc) is 3.14. The molecule has 6 heteroatoms. The van der Waals surface area contributed by atoms with Crippen molar-refractivity contribution >= 4 is 10.0 Å². The third-order valence-electron chi connectivity index (χ3n) is 5.87. The van der Waals surface area contributed by atoms with E-state index >= 15 is 0 Å². The number of nitrogens with zero attached hydrogens (tertiary/aromatic N) is 1. The summed E-state index contributed by atoms with van der Waals surface area (Å²) in [6, 6.07) is 0. The largest absolute Gasteiger partial charge is 0.377 e. The molecule has 2 saturated heterocycles. The van der Waals surface area contributed by atoms with Crippen LogP contribution in [0.1, 0.15) is 46.0 Å². The fraction of sp³-hybridized carbons (Fsp3) is 1.00. The van der Waals surface area contributed by atoms with Crippen LogP contribution < -0.4 is 5.32 Å². The van der Waals surface area contributed by atoms with E-state index in [0.717, 1.165) is 37.2 Å². The van der Waals surface area contributed by atoms with E-state index in [0.29, 0.717) is 13.1 Å². The molecule has 0 aromatic carbocycles. The zero-order chi connectivity index (χ0) is 16.4. The molecule has 3 aliphatic rings. The maximum atomic E-state index is 12.2. The Kier molecular flexibility index (Phi) is 5.66. The Morgan fingerprint density at radius 2 is 1.96 bits per heavy atom. The number of hydrogen-bond donors (Lipinski definition) is 1. The first kappa shape index (κ1) is 17.6. The Morgan fingerprint density at radius 3 is 2.65 bits per heavy atom. The van der Waals surface area contributed by atoms with Gasteiger partial charge in [-0.3, -0.25) is 0 Å². The molecule has 2 aliphatic heterocycles. The Hall–Kier alpha value is -0.170. The molecule has 134 valence electrons. The third-order valence-corrected chi connectivity index (χ3v) is 8.12. The second-order valence-electron chi connectivity index (χ2n) is 7.77. The minimum absolute atomic E-state index is 0.0969. The van der Waals surface area contributed by atoms with Crippen molar-refractivity contribution < 1.29 is 13.2 Å². The van der Waals surface area contributed by atoms with Crippen LogP contribution in [-0.4, -0.2) is 56.9 Å². The molecule has 2 heterocycles. The van der Waals surface area contributed by atoms with Crippen LogP contribution in [0.2, 0.25) is 0 Å². The molecule has 3 atom stereocenters. The summed E-state index contributed by atoms with van der Waals surface area (Å²) in [6.45, 7) is 7.83. The SMILES string of the molecule is CC(C)S(=O)(=O)N1CCC(OCC[C@@H]2C[C@@H]2C2CCNCC2)C1. The van der Waals surface area contributed by atoms with Crippen LogP contribution in [0.25, 0.3) is 0 Å². The highest BCUT2D eigenvalue weighted by atomic mass is 32.2. The molecular weight excluding hydrogens is 312 g/mol. The number of sulfonamides is 1. The molecular formula is C17H32N2O3S. The first-order chi connectivity index (χ1) is 11.0. The van der Waals surface area contributed by atoms with Gasteiger partial charge < -0.3 is 10.1 Å². The molecule has 0 bridgehead atoms. The van der Waals surface area contributed by atoms with Crippen LogP contribution in [0.4, 0.5) is 0 Å². The lowest BCUT2D eigenvalue weighted by molar-refractivity contribution is 0.0581. The van der Waals surface area contributed by atoms with E-state index in [2.05, 4.69) is 5.32 Å². The Balaban J connectivity index is 1.33. The van der Waals surface area contributed by atoms with Crippen molar-refractivity contribution in [3.63, 3.8) is 0 Å². The van der Waals surface area contributed by atoms with E-state index in [1.165, 1.54) is 32.4 Å². The average molecular weight is 345 g/mol. The minimum atomic E-state index is -3.11. The van der Waals surface area contributed by atoms with Gasteiger partial charge in [0.2, 0.25) is 10.0 Å². The fourth-order valence-corrected chi connectivity index (χ4v) is 5.53. The molecule has 3 rings (SSSR count). The number of rotatable bonds is 7. The van der Waals surface area contributed by atoms with Gasteiger partial charge in [-0.1, -0.05) is 0 Å². The zero-order valence-electron chi connectivity index (χ0n) is 14.5. The van der Waals surface area contributed by atoms with Crippen LogP contribution in [0.5, 0.6) is 0 Å². The number of ether oxygens (including phenoxy) is 1. The topological polar surface area (TPSA) is 58.6 Å². The van der Waals surface area contributed by atoms with Crippen LogP contribution in [0.15, 0.2) is 0 Å². The Bertz CT molecular complexity index is 488. The van der Waals surface area contributed by atoms with Gasteiger partial charge in [-0.15, -0.1) is 0 Å². The molecule has 0 aromatic rings. The van der Waals surface area contributed by atoms with Gasteiger partial charge in [0.15, 0.2) is 0 Å². The molecule has 1 saturated carbocycles. The van der Waals surface area contributed by atoms with E-state index in [-0.39, 0.29) is 11.4 Å². The number of piperidine rings is 1. The van der Waals surface area contributed by atoms with Crippen molar-refractivity contribution in [3.05, 3.63) is 0 Å². The van der Waals surface area contributed by atoms with Crippen molar-refractivity contribution in [2.75, 3.05) is 32.8 Å². The van der Waals surface area contributed by atoms with Crippen molar-refractivity contribution in [3.8, 4) is 0 Å². The first-order valence-corrected chi connectivity index (χ1v) is 10.8. The fourth-order valence-electron chi connectivity index (χ4n) is 4.20. The molecule has 5 nitrogen and oxygen atoms in total. The summed E-state index contributed by atoms with van der Waals surface area (Å²) in [6.07, 6.45) is 6.15. The van der Waals surface area contributed by atoms with Crippen LogP contribution in [-0.2, 0) is 14.8 Å². The van der Waals surface area contributed by atoms with E-state index in [1.54, 1.807) is 18.2 Å². The highest BCUT2D eigenvalue weighted by Gasteiger charge is 2.42. The summed E-state index contributed by atoms with van der Waals surface area (Å²) in [7, 11) is -3.11. The maximum absolute atomic E-state index is 12.2. The smallest absolute Gasteiger partial charge is 0.216 e. The predicted octanol–water partition coefficient (Wildman–Crippen LogP) is 1.84. The highest BCUT2D eigenvalue weighted by molar-refractivity contribution is 7.89. The van der Waals surface area contributed by atoms with Crippen molar-refractivity contribution in [1.82, 2.24) is 9.62 Å². The van der Waals surface area contributed by atoms with Gasteiger partial charge in [0.25, 0.3) is 0 Å². The number of nitrogens with one attached hydrogen (secondary N) is 1. The van der Waals surface area contributed by atoms with E-state index in [9.17, 15) is 8.42 Å². The van der Waals surface area contributed by atoms with Crippen molar-refractivity contribution in [1.29, 1.82) is 0 Å². The summed E-state index contributed by atoms with van der Waals surface area (Å²) in [5.74, 6) is 2.72. The molecule has 23 heavy (non-hydrogen) atoms. The molecule has 1 aliphatic carbocycles. The van der Waals surface area contributed by atoms with Crippen LogP contribution in [0.3, 0.4) is 0 Å². The van der Waals surface area contributed by atoms with E-state index in [4.69, 9.17) is 4.74 Å². The predicted molar refractivity (Wildman–Crippen MR) is 91.8 cm³/mol. The molecule has 1 N–H and O–H groups in total. The maximum Gasteiger partial charge on any atom is 0.216 e.